The molecule has 1 aliphatic heterocycles. The molecule has 4 heterocycles. The summed E-state index contributed by atoms with van der Waals surface area (Å²) in [5.74, 6) is -0.00812. The average Bonchev–Trinajstić information content (AvgIpc) is 3.27. The summed E-state index contributed by atoms with van der Waals surface area (Å²) in [6.07, 6.45) is 6.58. The number of rotatable bonds is 3. The average molecular weight is 414 g/mol. The van der Waals surface area contributed by atoms with Crippen molar-refractivity contribution in [1.82, 2.24) is 29.8 Å². The van der Waals surface area contributed by atoms with Gasteiger partial charge in [0.25, 0.3) is 11.8 Å². The van der Waals surface area contributed by atoms with E-state index in [1.165, 1.54) is 0 Å². The van der Waals surface area contributed by atoms with Gasteiger partial charge in [-0.05, 0) is 30.4 Å². The molecular weight excluding hydrogens is 392 g/mol. The molecule has 0 radical (unpaired) electrons. The molecule has 8 nitrogen and oxygen atoms in total. The van der Waals surface area contributed by atoms with E-state index in [9.17, 15) is 9.59 Å². The van der Waals surface area contributed by atoms with Crippen molar-refractivity contribution in [2.24, 2.45) is 0 Å². The Balaban J connectivity index is 1.37. The topological polar surface area (TPSA) is 92.5 Å². The Morgan fingerprint density at radius 2 is 1.81 bits per heavy atom. The van der Waals surface area contributed by atoms with Crippen LogP contribution in [0.25, 0.3) is 16.4 Å². The molecule has 0 saturated carbocycles. The number of hydrogen-bond donors (Lipinski definition) is 1. The highest BCUT2D eigenvalue weighted by atomic mass is 16.2. The maximum Gasteiger partial charge on any atom is 0.273 e. The number of likely N-dealkylation sites (tertiary alicyclic amines) is 1. The van der Waals surface area contributed by atoms with E-state index in [2.05, 4.69) is 20.4 Å². The van der Waals surface area contributed by atoms with Gasteiger partial charge in [-0.2, -0.15) is 5.10 Å². The van der Waals surface area contributed by atoms with Crippen LogP contribution in [0.15, 0.2) is 55.0 Å². The molecule has 0 spiro atoms. The third-order valence-corrected chi connectivity index (χ3v) is 5.98. The Bertz CT molecular complexity index is 1280. The van der Waals surface area contributed by atoms with E-state index in [1.807, 2.05) is 41.3 Å². The predicted octanol–water partition coefficient (Wildman–Crippen LogP) is 2.66. The van der Waals surface area contributed by atoms with Gasteiger partial charge in [0.05, 0.1) is 6.20 Å². The number of amides is 2. The monoisotopic (exact) mass is 414 g/mol. The van der Waals surface area contributed by atoms with Gasteiger partial charge in [-0.3, -0.25) is 14.6 Å². The van der Waals surface area contributed by atoms with Crippen LogP contribution in [0.3, 0.4) is 0 Å². The maximum atomic E-state index is 13.2. The number of hydrogen-bond acceptors (Lipinski definition) is 5. The fraction of sp³-hybridized carbons (Fsp3) is 0.261. The summed E-state index contributed by atoms with van der Waals surface area (Å²) in [5, 5.41) is 8.92. The van der Waals surface area contributed by atoms with Crippen molar-refractivity contribution in [3.05, 3.63) is 71.9 Å². The molecule has 1 fully saturated rings. The number of piperidine rings is 1. The zero-order valence-electron chi connectivity index (χ0n) is 17.2. The summed E-state index contributed by atoms with van der Waals surface area (Å²) in [4.78, 5) is 35.8. The molecule has 2 amide bonds. The predicted molar refractivity (Wildman–Crippen MR) is 116 cm³/mol. The van der Waals surface area contributed by atoms with Crippen LogP contribution in [0.2, 0.25) is 0 Å². The van der Waals surface area contributed by atoms with Gasteiger partial charge in [-0.15, -0.1) is 0 Å². The van der Waals surface area contributed by atoms with Gasteiger partial charge in [0.1, 0.15) is 11.3 Å². The Kier molecular flexibility index (Phi) is 4.82. The van der Waals surface area contributed by atoms with Gasteiger partial charge in [0.2, 0.25) is 0 Å². The second kappa shape index (κ2) is 7.79. The number of aromatic nitrogens is 4. The van der Waals surface area contributed by atoms with Crippen LogP contribution in [0.1, 0.15) is 45.3 Å². The first kappa shape index (κ1) is 19.2. The molecule has 1 N–H and O–H groups in total. The Labute approximate surface area is 178 Å². The molecule has 0 aliphatic carbocycles. The number of pyridine rings is 1. The minimum atomic E-state index is -0.206. The lowest BCUT2D eigenvalue weighted by Crippen LogP contribution is -2.38. The molecule has 5 rings (SSSR count). The van der Waals surface area contributed by atoms with E-state index in [4.69, 9.17) is 0 Å². The molecule has 1 aliphatic rings. The minimum absolute atomic E-state index is 0.0314. The lowest BCUT2D eigenvalue weighted by molar-refractivity contribution is 0.0707. The molecule has 4 aromatic rings. The Hall–Kier alpha value is -3.81. The van der Waals surface area contributed by atoms with Crippen molar-refractivity contribution in [2.45, 2.75) is 18.8 Å². The largest absolute Gasteiger partial charge is 0.355 e. The Morgan fingerprint density at radius 1 is 1.03 bits per heavy atom. The zero-order valence-corrected chi connectivity index (χ0v) is 17.2. The Morgan fingerprint density at radius 3 is 2.61 bits per heavy atom. The molecular formula is C23H22N6O2. The third-order valence-electron chi connectivity index (χ3n) is 5.98. The number of nitrogens with zero attached hydrogens (tertiary/aromatic N) is 5. The smallest absolute Gasteiger partial charge is 0.273 e. The summed E-state index contributed by atoms with van der Waals surface area (Å²) in [6.45, 7) is 1.28. The van der Waals surface area contributed by atoms with Crippen LogP contribution in [0.4, 0.5) is 0 Å². The van der Waals surface area contributed by atoms with Gasteiger partial charge in [-0.1, -0.05) is 24.3 Å². The van der Waals surface area contributed by atoms with E-state index < -0.39 is 0 Å². The molecule has 0 bridgehead atoms. The van der Waals surface area contributed by atoms with E-state index in [-0.39, 0.29) is 17.7 Å². The SMILES string of the molecule is CNC(=O)c1cnn2c(C3CCN(C(=O)c4nccc5ccccc45)CC3)ccnc12. The van der Waals surface area contributed by atoms with Gasteiger partial charge in [0.15, 0.2) is 5.65 Å². The van der Waals surface area contributed by atoms with E-state index >= 15 is 0 Å². The fourth-order valence-corrected chi connectivity index (χ4v) is 4.33. The molecule has 1 aromatic carbocycles. The van der Waals surface area contributed by atoms with Gasteiger partial charge in [-0.25, -0.2) is 9.50 Å². The van der Waals surface area contributed by atoms with Crippen LogP contribution in [-0.4, -0.2) is 56.4 Å². The van der Waals surface area contributed by atoms with E-state index in [1.54, 1.807) is 30.2 Å². The van der Waals surface area contributed by atoms with Crippen molar-refractivity contribution < 1.29 is 9.59 Å². The zero-order chi connectivity index (χ0) is 21.4. The summed E-state index contributed by atoms with van der Waals surface area (Å²) in [6, 6.07) is 11.7. The highest BCUT2D eigenvalue weighted by molar-refractivity contribution is 6.05. The van der Waals surface area contributed by atoms with Crippen LogP contribution in [0.5, 0.6) is 0 Å². The number of carbonyl (C=O) groups is 2. The number of nitrogens with one attached hydrogen (secondary N) is 1. The standard InChI is InChI=1S/C23H22N6O2/c1-24-22(30)18-14-27-29-19(7-11-26-21(18)29)16-8-12-28(13-9-16)23(31)20-17-5-3-2-4-15(17)6-10-25-20/h2-7,10-11,14,16H,8-9,12-13H2,1H3,(H,24,30). The molecule has 1 saturated heterocycles. The van der Waals surface area contributed by atoms with Crippen molar-refractivity contribution >= 4 is 28.2 Å². The summed E-state index contributed by atoms with van der Waals surface area (Å²) in [5.41, 5.74) is 2.52. The van der Waals surface area contributed by atoms with Crippen LogP contribution in [-0.2, 0) is 0 Å². The minimum Gasteiger partial charge on any atom is -0.355 e. The van der Waals surface area contributed by atoms with Crippen molar-refractivity contribution in [1.29, 1.82) is 0 Å². The van der Waals surface area contributed by atoms with Crippen LogP contribution in [0, 0.1) is 0 Å². The fourth-order valence-electron chi connectivity index (χ4n) is 4.33. The molecule has 0 atom stereocenters. The first-order chi connectivity index (χ1) is 15.2. The van der Waals surface area contributed by atoms with Gasteiger partial charge in [0, 0.05) is 49.5 Å². The lowest BCUT2D eigenvalue weighted by atomic mass is 9.93. The second-order valence-electron chi connectivity index (χ2n) is 7.69. The van der Waals surface area contributed by atoms with Gasteiger partial charge >= 0.3 is 0 Å². The van der Waals surface area contributed by atoms with E-state index in [0.29, 0.717) is 30.0 Å². The summed E-state index contributed by atoms with van der Waals surface area (Å²) >= 11 is 0. The van der Waals surface area contributed by atoms with E-state index in [0.717, 1.165) is 29.3 Å². The maximum absolute atomic E-state index is 13.2. The van der Waals surface area contributed by atoms with Gasteiger partial charge < -0.3 is 10.2 Å². The quantitative estimate of drug-likeness (QED) is 0.556. The third kappa shape index (κ3) is 3.30. The van der Waals surface area contributed by atoms with Crippen LogP contribution >= 0.6 is 0 Å². The lowest BCUT2D eigenvalue weighted by Gasteiger charge is -2.32. The first-order valence-corrected chi connectivity index (χ1v) is 10.3. The van der Waals surface area contributed by atoms with Crippen molar-refractivity contribution in [3.8, 4) is 0 Å². The molecule has 156 valence electrons. The highest BCUT2D eigenvalue weighted by Gasteiger charge is 2.28. The molecule has 31 heavy (non-hydrogen) atoms. The molecule has 3 aromatic heterocycles. The summed E-state index contributed by atoms with van der Waals surface area (Å²) < 4.78 is 1.75. The number of carbonyl (C=O) groups excluding carboxylic acids is 2. The van der Waals surface area contributed by atoms with Crippen molar-refractivity contribution in [2.75, 3.05) is 20.1 Å². The normalized spacial score (nSPS) is 14.8. The summed E-state index contributed by atoms with van der Waals surface area (Å²) in [7, 11) is 1.59. The number of benzene rings is 1. The molecule has 8 heteroatoms. The van der Waals surface area contributed by atoms with Crippen LogP contribution < -0.4 is 5.32 Å². The highest BCUT2D eigenvalue weighted by Crippen LogP contribution is 2.29. The first-order valence-electron chi connectivity index (χ1n) is 10.3. The molecule has 0 unspecified atom stereocenters. The second-order valence-corrected chi connectivity index (χ2v) is 7.69. The van der Waals surface area contributed by atoms with Crippen molar-refractivity contribution in [3.63, 3.8) is 0 Å². The number of fused-ring (bicyclic) bond motifs is 2.